The number of carbonyl (C=O) groups is 2. The topological polar surface area (TPSA) is 96.9 Å². The second-order valence-electron chi connectivity index (χ2n) is 15.7. The number of allylic oxidation sites excluding steroid dienone is 1. The van der Waals surface area contributed by atoms with Crippen LogP contribution in [0, 0.1) is 46.3 Å². The van der Waals surface area contributed by atoms with Crippen LogP contribution in [0.1, 0.15) is 132 Å². The van der Waals surface area contributed by atoms with Crippen LogP contribution >= 0.6 is 0 Å². The summed E-state index contributed by atoms with van der Waals surface area (Å²) in [5.41, 5.74) is 2.39. The number of carbonyl (C=O) groups excluding carboxylic acids is 1. The number of ether oxygens (including phenoxy) is 2. The first-order valence-corrected chi connectivity index (χ1v) is 18.6. The van der Waals surface area contributed by atoms with Gasteiger partial charge in [0.25, 0.3) is 5.97 Å². The van der Waals surface area contributed by atoms with Crippen LogP contribution in [0.3, 0.4) is 0 Å². The SMILES string of the molecule is CC(=O)O.CCNCCCCNCCOC(=O)O[C@H]1CC[C@@]2(C)C(=CC[C@H]3[C@@H]4CC[C@H]([C@H](C)CCCC(C)C)[C@@]4(C)CC[C@@H]32)C1. The lowest BCUT2D eigenvalue weighted by molar-refractivity contribution is -0.134. The Kier molecular flexibility index (Phi) is 15.2. The molecule has 8 atom stereocenters. The molecule has 4 aliphatic rings. The number of unbranched alkanes of at least 4 members (excludes halogenated alkanes) is 1. The highest BCUT2D eigenvalue weighted by atomic mass is 16.7. The summed E-state index contributed by atoms with van der Waals surface area (Å²) in [7, 11) is 0. The van der Waals surface area contributed by atoms with Crippen LogP contribution in [0.2, 0.25) is 0 Å². The second kappa shape index (κ2) is 18.1. The Morgan fingerprint density at radius 1 is 0.956 bits per heavy atom. The quantitative estimate of drug-likeness (QED) is 0.0945. The minimum absolute atomic E-state index is 0.0335. The number of hydrogen-bond acceptors (Lipinski definition) is 6. The monoisotopic (exact) mass is 633 g/mol. The lowest BCUT2D eigenvalue weighted by atomic mass is 9.47. The largest absolute Gasteiger partial charge is 0.508 e. The summed E-state index contributed by atoms with van der Waals surface area (Å²) >= 11 is 0. The molecule has 260 valence electrons. The van der Waals surface area contributed by atoms with E-state index in [1.54, 1.807) is 5.57 Å². The maximum Gasteiger partial charge on any atom is 0.508 e. The summed E-state index contributed by atoms with van der Waals surface area (Å²) in [6, 6.07) is 0. The summed E-state index contributed by atoms with van der Waals surface area (Å²) in [6.45, 7) is 19.9. The van der Waals surface area contributed by atoms with E-state index in [-0.39, 0.29) is 11.5 Å². The van der Waals surface area contributed by atoms with Gasteiger partial charge in [0.05, 0.1) is 0 Å². The van der Waals surface area contributed by atoms with Gasteiger partial charge in [-0.25, -0.2) is 4.79 Å². The summed E-state index contributed by atoms with van der Waals surface area (Å²) in [4.78, 5) is 21.4. The summed E-state index contributed by atoms with van der Waals surface area (Å²) in [6.07, 6.45) is 18.5. The number of hydrogen-bond donors (Lipinski definition) is 3. The van der Waals surface area contributed by atoms with Crippen molar-refractivity contribution >= 4 is 12.1 Å². The number of nitrogens with one attached hydrogen (secondary N) is 2. The smallest absolute Gasteiger partial charge is 0.481 e. The van der Waals surface area contributed by atoms with Crippen LogP contribution in [-0.2, 0) is 14.3 Å². The van der Waals surface area contributed by atoms with Gasteiger partial charge in [0, 0.05) is 19.9 Å². The minimum Gasteiger partial charge on any atom is -0.481 e. The molecule has 0 bridgehead atoms. The molecule has 0 spiro atoms. The molecule has 0 amide bonds. The molecular formula is C38H68N2O5. The predicted molar refractivity (Wildman–Crippen MR) is 183 cm³/mol. The maximum atomic E-state index is 12.4. The van der Waals surface area contributed by atoms with Gasteiger partial charge in [-0.05, 0) is 124 Å². The third-order valence-corrected chi connectivity index (χ3v) is 12.2. The van der Waals surface area contributed by atoms with Gasteiger partial charge >= 0.3 is 6.16 Å². The Bertz CT molecular complexity index is 948. The van der Waals surface area contributed by atoms with E-state index in [2.05, 4.69) is 58.3 Å². The number of carboxylic acid groups (broad SMARTS) is 1. The fourth-order valence-corrected chi connectivity index (χ4v) is 9.93. The molecule has 0 saturated heterocycles. The lowest BCUT2D eigenvalue weighted by Gasteiger charge is -2.58. The van der Waals surface area contributed by atoms with Crippen molar-refractivity contribution in [3.05, 3.63) is 11.6 Å². The average Bonchev–Trinajstić information content (AvgIpc) is 3.33. The van der Waals surface area contributed by atoms with Gasteiger partial charge in [-0.2, -0.15) is 0 Å². The average molecular weight is 633 g/mol. The molecule has 0 aromatic carbocycles. The lowest BCUT2D eigenvalue weighted by Crippen LogP contribution is -2.51. The Hall–Kier alpha value is -1.60. The molecule has 0 unspecified atom stereocenters. The van der Waals surface area contributed by atoms with Gasteiger partial charge in [-0.15, -0.1) is 0 Å². The first-order chi connectivity index (χ1) is 21.4. The highest BCUT2D eigenvalue weighted by Gasteiger charge is 2.59. The highest BCUT2D eigenvalue weighted by Crippen LogP contribution is 2.67. The minimum atomic E-state index is -0.833. The molecule has 0 heterocycles. The van der Waals surface area contributed by atoms with Crippen molar-refractivity contribution in [3.63, 3.8) is 0 Å². The predicted octanol–water partition coefficient (Wildman–Crippen LogP) is 8.62. The van der Waals surface area contributed by atoms with Crippen molar-refractivity contribution in [3.8, 4) is 0 Å². The van der Waals surface area contributed by atoms with E-state index in [1.165, 1.54) is 57.8 Å². The van der Waals surface area contributed by atoms with E-state index in [1.807, 2.05) is 0 Å². The Balaban J connectivity index is 0.00000130. The molecule has 3 saturated carbocycles. The van der Waals surface area contributed by atoms with Crippen molar-refractivity contribution in [1.29, 1.82) is 0 Å². The van der Waals surface area contributed by atoms with Gasteiger partial charge in [-0.1, -0.05) is 72.5 Å². The van der Waals surface area contributed by atoms with E-state index >= 15 is 0 Å². The molecule has 45 heavy (non-hydrogen) atoms. The summed E-state index contributed by atoms with van der Waals surface area (Å²) in [5, 5.41) is 14.1. The Morgan fingerprint density at radius 3 is 2.36 bits per heavy atom. The standard InChI is InChI=1S/C36H64N2O3.C2H4O2/c1-7-37-21-8-9-22-38-23-24-40-34(39)41-29-17-19-35(5)28(25-29)13-14-30-32-16-15-31(27(4)12-10-11-26(2)3)36(32,6)20-18-33(30)35;1-2(3)4/h13,26-27,29-33,37-38H,7-12,14-25H2,1-6H3;1H3,(H,3,4)/t27-,29+,30+,31-,32+,33+,35+,36-;/m1./s1. The summed E-state index contributed by atoms with van der Waals surface area (Å²) in [5.74, 6) is 4.29. The molecule has 3 N–H and O–H groups in total. The third kappa shape index (κ3) is 10.4. The molecule has 3 fully saturated rings. The van der Waals surface area contributed by atoms with Gasteiger partial charge in [0.15, 0.2) is 0 Å². The van der Waals surface area contributed by atoms with Crippen molar-refractivity contribution in [2.45, 2.75) is 138 Å². The van der Waals surface area contributed by atoms with E-state index in [4.69, 9.17) is 19.4 Å². The molecule has 0 aromatic heterocycles. The zero-order valence-electron chi connectivity index (χ0n) is 29.9. The van der Waals surface area contributed by atoms with E-state index in [9.17, 15) is 4.79 Å². The Morgan fingerprint density at radius 2 is 1.67 bits per heavy atom. The zero-order chi connectivity index (χ0) is 33.0. The fraction of sp³-hybridized carbons (Fsp3) is 0.895. The molecule has 0 radical (unpaired) electrons. The number of rotatable bonds is 15. The van der Waals surface area contributed by atoms with Crippen LogP contribution in [-0.4, -0.2) is 56.1 Å². The summed E-state index contributed by atoms with van der Waals surface area (Å²) < 4.78 is 11.2. The fourth-order valence-electron chi connectivity index (χ4n) is 9.93. The van der Waals surface area contributed by atoms with Crippen LogP contribution in [0.4, 0.5) is 4.79 Å². The zero-order valence-corrected chi connectivity index (χ0v) is 29.9. The van der Waals surface area contributed by atoms with Crippen LogP contribution < -0.4 is 10.6 Å². The number of aliphatic carboxylic acids is 1. The van der Waals surface area contributed by atoms with Crippen LogP contribution in [0.5, 0.6) is 0 Å². The van der Waals surface area contributed by atoms with Gasteiger partial charge in [0.1, 0.15) is 12.7 Å². The van der Waals surface area contributed by atoms with Gasteiger partial charge in [0.2, 0.25) is 0 Å². The molecule has 7 heteroatoms. The third-order valence-electron chi connectivity index (χ3n) is 12.2. The van der Waals surface area contributed by atoms with Crippen molar-refractivity contribution in [2.75, 3.05) is 32.8 Å². The second-order valence-corrected chi connectivity index (χ2v) is 15.7. The molecular weight excluding hydrogens is 564 g/mol. The highest BCUT2D eigenvalue weighted by molar-refractivity contribution is 5.63. The molecule has 0 aromatic rings. The van der Waals surface area contributed by atoms with Gasteiger partial charge < -0.3 is 25.2 Å². The van der Waals surface area contributed by atoms with Crippen molar-refractivity contribution < 1.29 is 24.2 Å². The van der Waals surface area contributed by atoms with E-state index in [0.717, 1.165) is 87.7 Å². The van der Waals surface area contributed by atoms with Crippen LogP contribution in [0.25, 0.3) is 0 Å². The molecule has 0 aliphatic heterocycles. The Labute approximate surface area is 275 Å². The molecule has 4 aliphatic carbocycles. The normalized spacial score (nSPS) is 32.7. The number of carboxylic acids is 1. The van der Waals surface area contributed by atoms with E-state index < -0.39 is 12.1 Å². The van der Waals surface area contributed by atoms with E-state index in [0.29, 0.717) is 18.6 Å². The first-order valence-electron chi connectivity index (χ1n) is 18.6. The van der Waals surface area contributed by atoms with Crippen molar-refractivity contribution in [1.82, 2.24) is 10.6 Å². The van der Waals surface area contributed by atoms with Crippen LogP contribution in [0.15, 0.2) is 11.6 Å². The van der Waals surface area contributed by atoms with Crippen molar-refractivity contribution in [2.24, 2.45) is 46.3 Å². The van der Waals surface area contributed by atoms with Gasteiger partial charge in [-0.3, -0.25) is 4.79 Å². The maximum absolute atomic E-state index is 12.4. The first kappa shape index (κ1) is 37.9. The molecule has 4 rings (SSSR count). The number of fused-ring (bicyclic) bond motifs is 5. The molecule has 7 nitrogen and oxygen atoms in total.